The Balaban J connectivity index is 1.51. The van der Waals surface area contributed by atoms with Crippen molar-refractivity contribution >= 4 is 33.3 Å². The summed E-state index contributed by atoms with van der Waals surface area (Å²) in [6.07, 6.45) is 1.50. The number of nitrogens with one attached hydrogen (secondary N) is 1. The molecule has 0 aliphatic carbocycles. The van der Waals surface area contributed by atoms with E-state index in [0.717, 1.165) is 10.0 Å². The molecule has 0 aliphatic heterocycles. The van der Waals surface area contributed by atoms with Crippen LogP contribution in [0.4, 0.5) is 5.69 Å². The fourth-order valence-electron chi connectivity index (χ4n) is 3.01. The second kappa shape index (κ2) is 9.11. The number of aromatic nitrogens is 3. The monoisotopic (exact) mass is 492 g/mol. The summed E-state index contributed by atoms with van der Waals surface area (Å²) in [6, 6.07) is 16.9. The lowest BCUT2D eigenvalue weighted by Gasteiger charge is -2.08. The number of hydrogen-bond donors (Lipinski definition) is 1. The molecule has 0 bridgehead atoms. The normalized spacial score (nSPS) is 10.7. The molecular weight excluding hydrogens is 476 g/mol. The molecule has 1 N–H and O–H groups in total. The summed E-state index contributed by atoms with van der Waals surface area (Å²) in [5.41, 5.74) is 2.02. The molecule has 4 rings (SSSR count). The van der Waals surface area contributed by atoms with E-state index in [0.29, 0.717) is 22.6 Å². The number of halogens is 1. The molecular formula is C23H17BrN4O4. The molecule has 2 heterocycles. The summed E-state index contributed by atoms with van der Waals surface area (Å²) in [5, 5.41) is 6.70. The Morgan fingerprint density at radius 2 is 1.84 bits per heavy atom. The lowest BCUT2D eigenvalue weighted by molar-refractivity contribution is -0.116. The van der Waals surface area contributed by atoms with Gasteiger partial charge in [-0.25, -0.2) is 0 Å². The number of nitrogens with zero attached hydrogens (tertiary/aromatic N) is 3. The van der Waals surface area contributed by atoms with Gasteiger partial charge in [0.05, 0.1) is 5.56 Å². The molecule has 0 fully saturated rings. The quantitative estimate of drug-likeness (QED) is 0.404. The highest BCUT2D eigenvalue weighted by molar-refractivity contribution is 9.10. The zero-order chi connectivity index (χ0) is 22.7. The van der Waals surface area contributed by atoms with Crippen molar-refractivity contribution in [2.24, 2.45) is 0 Å². The minimum absolute atomic E-state index is 0.0599. The molecule has 0 radical (unpaired) electrons. The van der Waals surface area contributed by atoms with Crippen LogP contribution in [0.5, 0.6) is 0 Å². The number of hydrogen-bond acceptors (Lipinski definition) is 6. The largest absolute Gasteiger partial charge is 0.334 e. The Labute approximate surface area is 191 Å². The van der Waals surface area contributed by atoms with Crippen LogP contribution >= 0.6 is 15.9 Å². The fraction of sp³-hybridized carbons (Fsp3) is 0.0870. The molecule has 160 valence electrons. The summed E-state index contributed by atoms with van der Waals surface area (Å²) in [7, 11) is 0. The lowest BCUT2D eigenvalue weighted by atomic mass is 10.1. The number of pyridine rings is 1. The Bertz CT molecular complexity index is 1360. The van der Waals surface area contributed by atoms with Gasteiger partial charge in [-0.3, -0.25) is 14.4 Å². The van der Waals surface area contributed by atoms with Gasteiger partial charge >= 0.3 is 0 Å². The first-order valence-electron chi connectivity index (χ1n) is 9.60. The van der Waals surface area contributed by atoms with Crippen LogP contribution in [0.15, 0.2) is 80.7 Å². The van der Waals surface area contributed by atoms with Crippen molar-refractivity contribution in [3.05, 3.63) is 87.3 Å². The van der Waals surface area contributed by atoms with E-state index in [1.165, 1.54) is 23.8 Å². The second-order valence-corrected chi connectivity index (χ2v) is 7.91. The van der Waals surface area contributed by atoms with E-state index < -0.39 is 0 Å². The predicted octanol–water partition coefficient (Wildman–Crippen LogP) is 4.17. The van der Waals surface area contributed by atoms with Gasteiger partial charge in [-0.1, -0.05) is 33.2 Å². The van der Waals surface area contributed by atoms with Crippen LogP contribution in [0.25, 0.3) is 22.8 Å². The molecule has 0 saturated carbocycles. The molecule has 9 heteroatoms. The smallest absolute Gasteiger partial charge is 0.259 e. The van der Waals surface area contributed by atoms with E-state index in [-0.39, 0.29) is 29.7 Å². The van der Waals surface area contributed by atoms with Crippen LogP contribution in [0.2, 0.25) is 0 Å². The first-order valence-corrected chi connectivity index (χ1v) is 10.4. The number of ketones is 1. The Morgan fingerprint density at radius 1 is 1.06 bits per heavy atom. The van der Waals surface area contributed by atoms with Crippen molar-refractivity contribution in [1.29, 1.82) is 0 Å². The van der Waals surface area contributed by atoms with Crippen LogP contribution < -0.4 is 10.9 Å². The van der Waals surface area contributed by atoms with E-state index in [1.54, 1.807) is 30.3 Å². The van der Waals surface area contributed by atoms with Crippen molar-refractivity contribution in [3.63, 3.8) is 0 Å². The molecule has 0 spiro atoms. The fourth-order valence-corrected chi connectivity index (χ4v) is 3.41. The van der Waals surface area contributed by atoms with Crippen LogP contribution in [-0.2, 0) is 11.3 Å². The minimum Gasteiger partial charge on any atom is -0.334 e. The van der Waals surface area contributed by atoms with Crippen molar-refractivity contribution in [2.75, 3.05) is 5.32 Å². The maximum atomic E-state index is 12.4. The lowest BCUT2D eigenvalue weighted by Crippen LogP contribution is -2.26. The van der Waals surface area contributed by atoms with Gasteiger partial charge in [0, 0.05) is 33.6 Å². The highest BCUT2D eigenvalue weighted by Crippen LogP contribution is 2.23. The van der Waals surface area contributed by atoms with Crippen LogP contribution in [0, 0.1) is 0 Å². The first kappa shape index (κ1) is 21.4. The summed E-state index contributed by atoms with van der Waals surface area (Å²) in [4.78, 5) is 40.4. The second-order valence-electron chi connectivity index (χ2n) is 7.00. The number of anilines is 1. The van der Waals surface area contributed by atoms with Crippen LogP contribution in [0.3, 0.4) is 0 Å². The van der Waals surface area contributed by atoms with Crippen molar-refractivity contribution in [3.8, 4) is 22.8 Å². The number of carbonyl (C=O) groups is 2. The van der Waals surface area contributed by atoms with E-state index in [4.69, 9.17) is 4.52 Å². The molecule has 2 aromatic carbocycles. The average molecular weight is 493 g/mol. The average Bonchev–Trinajstić information content (AvgIpc) is 3.26. The van der Waals surface area contributed by atoms with Gasteiger partial charge in [-0.05, 0) is 49.4 Å². The SMILES string of the molecule is CC(=O)c1ccc(NC(=O)Cn2cc(-c3nc(-c4cccc(Br)c4)no3)ccc2=O)cc1. The van der Waals surface area contributed by atoms with Crippen molar-refractivity contribution in [1.82, 2.24) is 14.7 Å². The zero-order valence-electron chi connectivity index (χ0n) is 16.9. The van der Waals surface area contributed by atoms with Crippen LogP contribution in [0.1, 0.15) is 17.3 Å². The third-order valence-electron chi connectivity index (χ3n) is 4.63. The molecule has 0 saturated heterocycles. The molecule has 8 nitrogen and oxygen atoms in total. The highest BCUT2D eigenvalue weighted by Gasteiger charge is 2.13. The number of amides is 1. The summed E-state index contributed by atoms with van der Waals surface area (Å²) in [5.74, 6) is 0.190. The molecule has 4 aromatic rings. The summed E-state index contributed by atoms with van der Waals surface area (Å²) < 4.78 is 7.50. The van der Waals surface area contributed by atoms with Gasteiger partial charge in [0.1, 0.15) is 6.54 Å². The number of Topliss-reactive ketones (excluding diaryl/α,β-unsaturated/α-hetero) is 1. The number of benzene rings is 2. The van der Waals surface area contributed by atoms with Gasteiger partial charge in [0.25, 0.3) is 11.4 Å². The molecule has 2 aromatic heterocycles. The van der Waals surface area contributed by atoms with Gasteiger partial charge in [0.15, 0.2) is 5.78 Å². The third-order valence-corrected chi connectivity index (χ3v) is 5.12. The summed E-state index contributed by atoms with van der Waals surface area (Å²) >= 11 is 3.41. The van der Waals surface area contributed by atoms with Gasteiger partial charge in [0.2, 0.25) is 11.7 Å². The number of carbonyl (C=O) groups excluding carboxylic acids is 2. The molecule has 0 unspecified atom stereocenters. The molecule has 32 heavy (non-hydrogen) atoms. The van der Waals surface area contributed by atoms with E-state index in [2.05, 4.69) is 31.4 Å². The van der Waals surface area contributed by atoms with Gasteiger partial charge in [-0.2, -0.15) is 4.98 Å². The molecule has 0 aliphatic rings. The maximum absolute atomic E-state index is 12.4. The zero-order valence-corrected chi connectivity index (χ0v) is 18.5. The maximum Gasteiger partial charge on any atom is 0.259 e. The van der Waals surface area contributed by atoms with E-state index in [1.807, 2.05) is 24.3 Å². The third kappa shape index (κ3) is 4.89. The van der Waals surface area contributed by atoms with Crippen molar-refractivity contribution in [2.45, 2.75) is 13.5 Å². The molecule has 0 atom stereocenters. The predicted molar refractivity (Wildman–Crippen MR) is 122 cm³/mol. The minimum atomic E-state index is -0.389. The number of rotatable bonds is 6. The van der Waals surface area contributed by atoms with Crippen LogP contribution in [-0.4, -0.2) is 26.4 Å². The van der Waals surface area contributed by atoms with E-state index in [9.17, 15) is 14.4 Å². The highest BCUT2D eigenvalue weighted by atomic mass is 79.9. The van der Waals surface area contributed by atoms with Gasteiger partial charge < -0.3 is 14.4 Å². The Hall–Kier alpha value is -3.85. The Morgan fingerprint density at radius 3 is 2.56 bits per heavy atom. The van der Waals surface area contributed by atoms with Crippen molar-refractivity contribution < 1.29 is 14.1 Å². The van der Waals surface area contributed by atoms with E-state index >= 15 is 0 Å². The topological polar surface area (TPSA) is 107 Å². The summed E-state index contributed by atoms with van der Waals surface area (Å²) in [6.45, 7) is 1.27. The first-order chi connectivity index (χ1) is 15.4. The standard InChI is InChI=1S/C23H17BrN4O4/c1-14(29)15-5-8-19(9-6-15)25-20(30)13-28-12-17(7-10-21(28)31)23-26-22(27-32-23)16-3-2-4-18(24)11-16/h2-12H,13H2,1H3,(H,25,30). The molecule has 1 amide bonds. The van der Waals surface area contributed by atoms with Gasteiger partial charge in [-0.15, -0.1) is 0 Å². The Kier molecular flexibility index (Phi) is 6.09.